The second-order valence-corrected chi connectivity index (χ2v) is 4.09. The number of hydrogen-bond acceptors (Lipinski definition) is 4. The number of non-ortho nitro benzene ring substituents is 1. The standard InChI is InChI=1S/C12H12N2O4/c1-6-7(2)18-12-10(6)4-9(14(16)17)5-11(12)13-8(3)15/h4-5H,1-3H3,(H,13,15). The topological polar surface area (TPSA) is 85.4 Å². The van der Waals surface area contributed by atoms with Gasteiger partial charge in [0.25, 0.3) is 5.69 Å². The molecule has 18 heavy (non-hydrogen) atoms. The largest absolute Gasteiger partial charge is 0.459 e. The monoisotopic (exact) mass is 248 g/mol. The maximum absolute atomic E-state index is 11.1. The molecule has 0 atom stereocenters. The lowest BCUT2D eigenvalue weighted by molar-refractivity contribution is -0.384. The fraction of sp³-hybridized carbons (Fsp3) is 0.250. The fourth-order valence-corrected chi connectivity index (χ4v) is 1.81. The highest BCUT2D eigenvalue weighted by Crippen LogP contribution is 2.34. The summed E-state index contributed by atoms with van der Waals surface area (Å²) in [6.45, 7) is 4.94. The van der Waals surface area contributed by atoms with E-state index in [1.54, 1.807) is 6.92 Å². The van der Waals surface area contributed by atoms with Gasteiger partial charge >= 0.3 is 0 Å². The van der Waals surface area contributed by atoms with Crippen molar-refractivity contribution >= 4 is 28.3 Å². The number of rotatable bonds is 2. The van der Waals surface area contributed by atoms with Crippen molar-refractivity contribution < 1.29 is 14.1 Å². The number of furan rings is 1. The molecule has 1 N–H and O–H groups in total. The van der Waals surface area contributed by atoms with Crippen LogP contribution in [0.3, 0.4) is 0 Å². The van der Waals surface area contributed by atoms with E-state index in [4.69, 9.17) is 4.42 Å². The number of carbonyl (C=O) groups excluding carboxylic acids is 1. The predicted octanol–water partition coefficient (Wildman–Crippen LogP) is 2.92. The molecule has 0 saturated carbocycles. The summed E-state index contributed by atoms with van der Waals surface area (Å²) < 4.78 is 5.53. The highest BCUT2D eigenvalue weighted by atomic mass is 16.6. The van der Waals surface area contributed by atoms with Crippen LogP contribution in [0, 0.1) is 24.0 Å². The minimum atomic E-state index is -0.494. The summed E-state index contributed by atoms with van der Waals surface area (Å²) >= 11 is 0. The van der Waals surface area contributed by atoms with Crippen LogP contribution in [0.5, 0.6) is 0 Å². The van der Waals surface area contributed by atoms with Crippen molar-refractivity contribution in [3.63, 3.8) is 0 Å². The van der Waals surface area contributed by atoms with Crippen LogP contribution in [0.15, 0.2) is 16.5 Å². The van der Waals surface area contributed by atoms with Crippen LogP contribution in [-0.4, -0.2) is 10.8 Å². The molecule has 6 heteroatoms. The molecule has 2 aromatic rings. The number of aryl methyl sites for hydroxylation is 2. The van der Waals surface area contributed by atoms with Crippen molar-refractivity contribution in [1.29, 1.82) is 0 Å². The molecule has 0 spiro atoms. The smallest absolute Gasteiger partial charge is 0.272 e. The van der Waals surface area contributed by atoms with Gasteiger partial charge < -0.3 is 9.73 Å². The zero-order chi connectivity index (χ0) is 13.4. The lowest BCUT2D eigenvalue weighted by atomic mass is 10.1. The van der Waals surface area contributed by atoms with E-state index in [2.05, 4.69) is 5.32 Å². The first kappa shape index (κ1) is 12.1. The molecule has 1 aromatic heterocycles. The second-order valence-electron chi connectivity index (χ2n) is 4.09. The van der Waals surface area contributed by atoms with Gasteiger partial charge in [0.15, 0.2) is 5.58 Å². The molecule has 2 rings (SSSR count). The molecule has 94 valence electrons. The first-order valence-electron chi connectivity index (χ1n) is 5.36. The molecule has 0 fully saturated rings. The van der Waals surface area contributed by atoms with E-state index < -0.39 is 4.92 Å². The van der Waals surface area contributed by atoms with Crippen molar-refractivity contribution in [2.24, 2.45) is 0 Å². The van der Waals surface area contributed by atoms with E-state index >= 15 is 0 Å². The normalized spacial score (nSPS) is 10.6. The molecular formula is C12H12N2O4. The average Bonchev–Trinajstić information content (AvgIpc) is 2.55. The molecule has 1 heterocycles. The molecule has 0 radical (unpaired) electrons. The lowest BCUT2D eigenvalue weighted by Gasteiger charge is -2.03. The van der Waals surface area contributed by atoms with E-state index in [9.17, 15) is 14.9 Å². The van der Waals surface area contributed by atoms with Gasteiger partial charge in [0.05, 0.1) is 10.6 Å². The zero-order valence-electron chi connectivity index (χ0n) is 10.2. The summed E-state index contributed by atoms with van der Waals surface area (Å²) in [6, 6.07) is 2.75. The summed E-state index contributed by atoms with van der Waals surface area (Å²) in [4.78, 5) is 21.5. The van der Waals surface area contributed by atoms with Crippen molar-refractivity contribution in [1.82, 2.24) is 0 Å². The Balaban J connectivity index is 2.76. The van der Waals surface area contributed by atoms with Gasteiger partial charge in [-0.2, -0.15) is 0 Å². The second kappa shape index (κ2) is 4.14. The van der Waals surface area contributed by atoms with Crippen LogP contribution in [0.2, 0.25) is 0 Å². The summed E-state index contributed by atoms with van der Waals surface area (Å²) in [7, 11) is 0. The number of nitro groups is 1. The minimum Gasteiger partial charge on any atom is -0.459 e. The lowest BCUT2D eigenvalue weighted by Crippen LogP contribution is -2.06. The molecular weight excluding hydrogens is 236 g/mol. The summed E-state index contributed by atoms with van der Waals surface area (Å²) in [5.74, 6) is 0.376. The third kappa shape index (κ3) is 1.92. The fourth-order valence-electron chi connectivity index (χ4n) is 1.81. The van der Waals surface area contributed by atoms with Crippen LogP contribution in [0.4, 0.5) is 11.4 Å². The molecule has 0 aliphatic carbocycles. The number of carbonyl (C=O) groups is 1. The number of nitrogens with one attached hydrogen (secondary N) is 1. The Morgan fingerprint density at radius 2 is 2.06 bits per heavy atom. The van der Waals surface area contributed by atoms with Gasteiger partial charge in [-0.05, 0) is 19.4 Å². The maximum atomic E-state index is 11.1. The number of nitrogens with zero attached hydrogens (tertiary/aromatic N) is 1. The number of fused-ring (bicyclic) bond motifs is 1. The van der Waals surface area contributed by atoms with Gasteiger partial charge in [-0.3, -0.25) is 14.9 Å². The number of amides is 1. The molecule has 1 amide bonds. The number of nitro benzene ring substituents is 1. The van der Waals surface area contributed by atoms with Gasteiger partial charge in [-0.25, -0.2) is 0 Å². The van der Waals surface area contributed by atoms with Gasteiger partial charge in [0, 0.05) is 24.4 Å². The van der Waals surface area contributed by atoms with Crippen LogP contribution in [0.1, 0.15) is 18.2 Å². The van der Waals surface area contributed by atoms with Crippen LogP contribution < -0.4 is 5.32 Å². The van der Waals surface area contributed by atoms with Crippen molar-refractivity contribution in [3.05, 3.63) is 33.6 Å². The highest BCUT2D eigenvalue weighted by Gasteiger charge is 2.18. The van der Waals surface area contributed by atoms with E-state index in [1.807, 2.05) is 6.92 Å². The number of anilines is 1. The third-order valence-corrected chi connectivity index (χ3v) is 2.78. The van der Waals surface area contributed by atoms with Crippen molar-refractivity contribution in [3.8, 4) is 0 Å². The van der Waals surface area contributed by atoms with Crippen molar-refractivity contribution in [2.45, 2.75) is 20.8 Å². The molecule has 0 unspecified atom stereocenters. The predicted molar refractivity (Wildman–Crippen MR) is 66.6 cm³/mol. The Morgan fingerprint density at radius 1 is 1.39 bits per heavy atom. The van der Waals surface area contributed by atoms with E-state index in [-0.39, 0.29) is 11.6 Å². The Hall–Kier alpha value is -2.37. The molecule has 0 bridgehead atoms. The van der Waals surface area contributed by atoms with Gasteiger partial charge in [-0.1, -0.05) is 0 Å². The van der Waals surface area contributed by atoms with Crippen LogP contribution >= 0.6 is 0 Å². The molecule has 6 nitrogen and oxygen atoms in total. The molecule has 0 saturated heterocycles. The zero-order valence-corrected chi connectivity index (χ0v) is 10.2. The van der Waals surface area contributed by atoms with E-state index in [0.29, 0.717) is 22.4 Å². The van der Waals surface area contributed by atoms with E-state index in [0.717, 1.165) is 5.56 Å². The molecule has 0 aliphatic rings. The Bertz CT molecular complexity index is 658. The Kier molecular flexibility index (Phi) is 2.78. The van der Waals surface area contributed by atoms with Crippen LogP contribution in [0.25, 0.3) is 11.0 Å². The average molecular weight is 248 g/mol. The van der Waals surface area contributed by atoms with Gasteiger partial charge in [0.2, 0.25) is 5.91 Å². The Labute approximate surface area is 103 Å². The Morgan fingerprint density at radius 3 is 2.61 bits per heavy atom. The molecule has 1 aromatic carbocycles. The third-order valence-electron chi connectivity index (χ3n) is 2.78. The van der Waals surface area contributed by atoms with Gasteiger partial charge in [0.1, 0.15) is 5.76 Å². The van der Waals surface area contributed by atoms with Crippen LogP contribution in [-0.2, 0) is 4.79 Å². The highest BCUT2D eigenvalue weighted by molar-refractivity contribution is 6.01. The summed E-state index contributed by atoms with van der Waals surface area (Å²) in [5, 5.41) is 14.1. The number of benzene rings is 1. The number of hydrogen-bond donors (Lipinski definition) is 1. The first-order chi connectivity index (χ1) is 8.40. The van der Waals surface area contributed by atoms with Crippen molar-refractivity contribution in [2.75, 3.05) is 5.32 Å². The summed E-state index contributed by atoms with van der Waals surface area (Å²) in [6.07, 6.45) is 0. The minimum absolute atomic E-state index is 0.0739. The maximum Gasteiger partial charge on any atom is 0.272 e. The van der Waals surface area contributed by atoms with Gasteiger partial charge in [-0.15, -0.1) is 0 Å². The SMILES string of the molecule is CC(=O)Nc1cc([N+](=O)[O-])cc2c(C)c(C)oc12. The molecule has 0 aliphatic heterocycles. The first-order valence-corrected chi connectivity index (χ1v) is 5.36. The summed E-state index contributed by atoms with van der Waals surface area (Å²) in [5.41, 5.74) is 1.55. The quantitative estimate of drug-likeness (QED) is 0.654. The van der Waals surface area contributed by atoms with E-state index in [1.165, 1.54) is 19.1 Å².